The van der Waals surface area contributed by atoms with E-state index in [-0.39, 0.29) is 33.3 Å². The Bertz CT molecular complexity index is 975. The SMILES string of the molecule is CCOC(=O)c1cccc(NS(=O)(=O)c2cc(Cl)c(C)c([N+](=O)[O-])c2)c1. The number of carbonyl (C=O) groups excluding carboxylic acids is 1. The quantitative estimate of drug-likeness (QED) is 0.452. The van der Waals surface area contributed by atoms with E-state index in [0.29, 0.717) is 0 Å². The van der Waals surface area contributed by atoms with Gasteiger partial charge in [0.05, 0.1) is 27.0 Å². The van der Waals surface area contributed by atoms with Crippen molar-refractivity contribution in [1.29, 1.82) is 0 Å². The van der Waals surface area contributed by atoms with Crippen molar-refractivity contribution < 1.29 is 22.9 Å². The molecule has 2 aromatic carbocycles. The number of halogens is 1. The molecule has 2 aromatic rings. The normalized spacial score (nSPS) is 11.0. The maximum absolute atomic E-state index is 12.5. The van der Waals surface area contributed by atoms with Crippen molar-refractivity contribution in [1.82, 2.24) is 0 Å². The summed E-state index contributed by atoms with van der Waals surface area (Å²) >= 11 is 5.92. The van der Waals surface area contributed by atoms with Gasteiger partial charge in [0.25, 0.3) is 15.7 Å². The summed E-state index contributed by atoms with van der Waals surface area (Å²) in [4.78, 5) is 21.7. The lowest BCUT2D eigenvalue weighted by atomic mass is 10.2. The summed E-state index contributed by atoms with van der Waals surface area (Å²) in [7, 11) is -4.15. The number of hydrogen-bond donors (Lipinski definition) is 1. The second-order valence-electron chi connectivity index (χ2n) is 5.21. The molecule has 0 amide bonds. The van der Waals surface area contributed by atoms with E-state index in [9.17, 15) is 23.3 Å². The van der Waals surface area contributed by atoms with Crippen LogP contribution in [-0.4, -0.2) is 25.9 Å². The van der Waals surface area contributed by atoms with Crippen LogP contribution >= 0.6 is 11.6 Å². The van der Waals surface area contributed by atoms with Crippen molar-refractivity contribution in [3.8, 4) is 0 Å². The molecule has 0 aromatic heterocycles. The van der Waals surface area contributed by atoms with Gasteiger partial charge in [-0.2, -0.15) is 0 Å². The highest BCUT2D eigenvalue weighted by atomic mass is 35.5. The van der Waals surface area contributed by atoms with Gasteiger partial charge in [0.15, 0.2) is 0 Å². The molecule has 0 saturated carbocycles. The van der Waals surface area contributed by atoms with Crippen LogP contribution in [0, 0.1) is 17.0 Å². The lowest BCUT2D eigenvalue weighted by Gasteiger charge is -2.10. The van der Waals surface area contributed by atoms with E-state index in [1.54, 1.807) is 6.92 Å². The first-order valence-electron chi connectivity index (χ1n) is 7.40. The molecule has 2 rings (SSSR count). The summed E-state index contributed by atoms with van der Waals surface area (Å²) < 4.78 is 32.2. The van der Waals surface area contributed by atoms with Gasteiger partial charge in [-0.3, -0.25) is 14.8 Å². The summed E-state index contributed by atoms with van der Waals surface area (Å²) in [5.74, 6) is -0.595. The number of ether oxygens (including phenoxy) is 1. The summed E-state index contributed by atoms with van der Waals surface area (Å²) in [6.07, 6.45) is 0. The van der Waals surface area contributed by atoms with Crippen LogP contribution in [0.25, 0.3) is 0 Å². The molecule has 0 unspecified atom stereocenters. The number of nitro groups is 1. The van der Waals surface area contributed by atoms with Crippen LogP contribution in [0.15, 0.2) is 41.3 Å². The fourth-order valence-electron chi connectivity index (χ4n) is 2.12. The third-order valence-corrected chi connectivity index (χ3v) is 5.18. The van der Waals surface area contributed by atoms with Gasteiger partial charge in [0.1, 0.15) is 0 Å². The van der Waals surface area contributed by atoms with E-state index in [4.69, 9.17) is 16.3 Å². The zero-order chi connectivity index (χ0) is 19.5. The summed E-state index contributed by atoms with van der Waals surface area (Å²) in [6.45, 7) is 3.26. The topological polar surface area (TPSA) is 116 Å². The highest BCUT2D eigenvalue weighted by Crippen LogP contribution is 2.30. The number of hydrogen-bond acceptors (Lipinski definition) is 6. The average molecular weight is 399 g/mol. The summed E-state index contributed by atoms with van der Waals surface area (Å²) in [6, 6.07) is 7.75. The molecule has 8 nitrogen and oxygen atoms in total. The fourth-order valence-corrected chi connectivity index (χ4v) is 3.50. The molecule has 0 saturated heterocycles. The van der Waals surface area contributed by atoms with Crippen LogP contribution in [0.3, 0.4) is 0 Å². The Hall–Kier alpha value is -2.65. The van der Waals surface area contributed by atoms with Crippen molar-refractivity contribution in [2.75, 3.05) is 11.3 Å². The summed E-state index contributed by atoms with van der Waals surface area (Å²) in [5.41, 5.74) is 0.0351. The molecule has 0 aliphatic heterocycles. The lowest BCUT2D eigenvalue weighted by molar-refractivity contribution is -0.385. The first kappa shape index (κ1) is 19.7. The van der Waals surface area contributed by atoms with Gasteiger partial charge in [0, 0.05) is 17.3 Å². The minimum atomic E-state index is -4.15. The minimum Gasteiger partial charge on any atom is -0.462 e. The van der Waals surface area contributed by atoms with E-state index in [1.165, 1.54) is 31.2 Å². The van der Waals surface area contributed by atoms with E-state index in [0.717, 1.165) is 12.1 Å². The van der Waals surface area contributed by atoms with Gasteiger partial charge in [-0.05, 0) is 38.1 Å². The lowest BCUT2D eigenvalue weighted by Crippen LogP contribution is -2.14. The van der Waals surface area contributed by atoms with E-state index < -0.39 is 26.6 Å². The van der Waals surface area contributed by atoms with E-state index >= 15 is 0 Å². The Morgan fingerprint density at radius 3 is 2.62 bits per heavy atom. The van der Waals surface area contributed by atoms with Crippen LogP contribution in [0.1, 0.15) is 22.8 Å². The zero-order valence-corrected chi connectivity index (χ0v) is 15.4. The van der Waals surface area contributed by atoms with Gasteiger partial charge >= 0.3 is 5.97 Å². The number of anilines is 1. The molecule has 138 valence electrons. The maximum Gasteiger partial charge on any atom is 0.338 e. The largest absolute Gasteiger partial charge is 0.462 e. The van der Waals surface area contributed by atoms with Crippen LogP contribution in [0.2, 0.25) is 5.02 Å². The van der Waals surface area contributed by atoms with Crippen LogP contribution < -0.4 is 4.72 Å². The first-order chi connectivity index (χ1) is 12.2. The molecule has 26 heavy (non-hydrogen) atoms. The molecular weight excluding hydrogens is 384 g/mol. The predicted octanol–water partition coefficient (Wildman–Crippen LogP) is 3.53. The Morgan fingerprint density at radius 2 is 2.00 bits per heavy atom. The number of benzene rings is 2. The number of sulfonamides is 1. The molecule has 0 aliphatic rings. The number of esters is 1. The van der Waals surface area contributed by atoms with Gasteiger partial charge in [-0.1, -0.05) is 17.7 Å². The van der Waals surface area contributed by atoms with Gasteiger partial charge in [0.2, 0.25) is 0 Å². The van der Waals surface area contributed by atoms with Crippen LogP contribution in [0.5, 0.6) is 0 Å². The van der Waals surface area contributed by atoms with E-state index in [2.05, 4.69) is 4.72 Å². The third kappa shape index (κ3) is 4.30. The van der Waals surface area contributed by atoms with Crippen molar-refractivity contribution in [2.24, 2.45) is 0 Å². The summed E-state index contributed by atoms with van der Waals surface area (Å²) in [5, 5.41) is 11.0. The highest BCUT2D eigenvalue weighted by Gasteiger charge is 2.23. The molecular formula is C16H15ClN2O6S. The zero-order valence-electron chi connectivity index (χ0n) is 13.9. The molecule has 10 heteroatoms. The molecule has 0 radical (unpaired) electrons. The minimum absolute atomic E-state index is 0.0418. The smallest absolute Gasteiger partial charge is 0.338 e. The molecule has 0 aliphatic carbocycles. The fraction of sp³-hybridized carbons (Fsp3) is 0.188. The van der Waals surface area contributed by atoms with Crippen molar-refractivity contribution in [3.05, 3.63) is 62.7 Å². The number of nitro benzene ring substituents is 1. The molecule has 0 heterocycles. The first-order valence-corrected chi connectivity index (χ1v) is 9.26. The molecule has 0 atom stereocenters. The number of carbonyl (C=O) groups is 1. The monoisotopic (exact) mass is 398 g/mol. The number of rotatable bonds is 6. The van der Waals surface area contributed by atoms with Crippen LogP contribution in [0.4, 0.5) is 11.4 Å². The van der Waals surface area contributed by atoms with Crippen molar-refractivity contribution in [2.45, 2.75) is 18.7 Å². The van der Waals surface area contributed by atoms with Crippen molar-refractivity contribution in [3.63, 3.8) is 0 Å². The molecule has 1 N–H and O–H groups in total. The number of nitrogens with zero attached hydrogens (tertiary/aromatic N) is 1. The van der Waals surface area contributed by atoms with Gasteiger partial charge < -0.3 is 4.74 Å². The second kappa shape index (κ2) is 7.71. The molecule has 0 fully saturated rings. The highest BCUT2D eigenvalue weighted by molar-refractivity contribution is 7.92. The average Bonchev–Trinajstić information content (AvgIpc) is 2.56. The Kier molecular flexibility index (Phi) is 5.83. The van der Waals surface area contributed by atoms with E-state index in [1.807, 2.05) is 0 Å². The van der Waals surface area contributed by atoms with Gasteiger partial charge in [-0.15, -0.1) is 0 Å². The Labute approximate surface area is 154 Å². The molecule has 0 bridgehead atoms. The molecule has 0 spiro atoms. The number of nitrogens with one attached hydrogen (secondary N) is 1. The Morgan fingerprint density at radius 1 is 1.31 bits per heavy atom. The van der Waals surface area contributed by atoms with Crippen molar-refractivity contribution >= 4 is 39.0 Å². The standard InChI is InChI=1S/C16H15ClN2O6S/c1-3-25-16(20)11-5-4-6-12(7-11)18-26(23,24)13-8-14(17)10(2)15(9-13)19(21)22/h4-9,18H,3H2,1-2H3. The maximum atomic E-state index is 12.5. The van der Waals surface area contributed by atoms with Gasteiger partial charge in [-0.25, -0.2) is 13.2 Å². The predicted molar refractivity (Wildman–Crippen MR) is 96.1 cm³/mol. The van der Waals surface area contributed by atoms with Crippen LogP contribution in [-0.2, 0) is 14.8 Å². The second-order valence-corrected chi connectivity index (χ2v) is 7.30. The Balaban J connectivity index is 2.40. The third-order valence-electron chi connectivity index (χ3n) is 3.42.